The molecule has 0 bridgehead atoms. The number of nitrogens with two attached hydrogens (primary N) is 1. The molecule has 0 aliphatic carbocycles. The molecule has 0 radical (unpaired) electrons. The molecule has 40 nitrogen and oxygen atoms in total. The van der Waals surface area contributed by atoms with Gasteiger partial charge in [-0.1, -0.05) is 32.8 Å². The number of ether oxygens (including phenoxy) is 13. The van der Waals surface area contributed by atoms with Gasteiger partial charge in [-0.25, -0.2) is 24.1 Å². The zero-order chi connectivity index (χ0) is 108. The van der Waals surface area contributed by atoms with Crippen molar-refractivity contribution >= 4 is 58.4 Å². The summed E-state index contributed by atoms with van der Waals surface area (Å²) in [5.74, 6) is 10.1. The number of oxime groups is 1. The number of benzene rings is 6. The maximum atomic E-state index is 12.7. The number of aromatic hydroxyl groups is 1. The fourth-order valence-electron chi connectivity index (χ4n) is 15.7. The number of carboxylic acid groups (broad SMARTS) is 1. The molecule has 9 aromatic rings. The number of methoxy groups -OCH3 is 6. The van der Waals surface area contributed by atoms with E-state index in [0.29, 0.717) is 182 Å². The van der Waals surface area contributed by atoms with Crippen LogP contribution in [0.2, 0.25) is 0 Å². The first kappa shape index (κ1) is 118. The number of carbonyl (C=O) groups is 5. The van der Waals surface area contributed by atoms with Crippen molar-refractivity contribution in [3.8, 4) is 103 Å². The number of rotatable bonds is 24. The van der Waals surface area contributed by atoms with E-state index in [0.717, 1.165) is 145 Å². The maximum absolute atomic E-state index is 12.7. The predicted octanol–water partition coefficient (Wildman–Crippen LogP) is 20.7. The molecule has 6 fully saturated rings. The van der Waals surface area contributed by atoms with E-state index in [1.165, 1.54) is 45.3 Å². The molecule has 0 spiro atoms. The Balaban J connectivity index is 0.000000235. The van der Waals surface area contributed by atoms with Gasteiger partial charge in [0.1, 0.15) is 22.7 Å². The van der Waals surface area contributed by atoms with Crippen molar-refractivity contribution in [1.29, 1.82) is 0 Å². The highest BCUT2D eigenvalue weighted by Crippen LogP contribution is 2.40. The van der Waals surface area contributed by atoms with E-state index in [-0.39, 0.29) is 52.9 Å². The van der Waals surface area contributed by atoms with Gasteiger partial charge in [0.25, 0.3) is 0 Å². The van der Waals surface area contributed by atoms with Gasteiger partial charge in [-0.3, -0.25) is 14.0 Å². The van der Waals surface area contributed by atoms with Crippen LogP contribution >= 0.6 is 11.6 Å². The molecular weight excluding hydrogens is 1920 g/mol. The van der Waals surface area contributed by atoms with Gasteiger partial charge in [0.05, 0.1) is 103 Å². The Kier molecular flexibility index (Phi) is 50.0. The van der Waals surface area contributed by atoms with Crippen LogP contribution in [0.3, 0.4) is 0 Å². The molecule has 802 valence electrons. The molecule has 0 saturated carbocycles. The lowest BCUT2D eigenvalue weighted by Gasteiger charge is -2.36. The van der Waals surface area contributed by atoms with Gasteiger partial charge in [-0.05, 0) is 288 Å². The van der Waals surface area contributed by atoms with Crippen LogP contribution < -0.4 is 63.2 Å². The lowest BCUT2D eigenvalue weighted by Crippen LogP contribution is -2.48. The summed E-state index contributed by atoms with van der Waals surface area (Å²) < 4.78 is 101. The highest BCUT2D eigenvalue weighted by molar-refractivity contribution is 6.62. The van der Waals surface area contributed by atoms with Crippen LogP contribution in [0, 0.1) is 19.1 Å². The number of aromatic nitrogens is 6. The molecule has 6 saturated heterocycles. The minimum absolute atomic E-state index is 0.0383. The van der Waals surface area contributed by atoms with Crippen molar-refractivity contribution in [3.63, 3.8) is 0 Å². The Morgan fingerprint density at radius 1 is 0.456 bits per heavy atom. The maximum Gasteiger partial charge on any atom is 0.410 e. The second kappa shape index (κ2) is 62.4. The number of phenols is 1. The van der Waals surface area contributed by atoms with Crippen LogP contribution in [0.15, 0.2) is 128 Å². The van der Waals surface area contributed by atoms with Crippen molar-refractivity contribution in [3.05, 3.63) is 155 Å². The average Bonchev–Trinajstić information content (AvgIpc) is 1.64. The number of nitrogens with zero attached hydrogens (tertiary/aromatic N) is 14. The minimum atomic E-state index is -1.00. The average molecular weight is 2070 g/mol. The van der Waals surface area contributed by atoms with Crippen LogP contribution in [-0.2, 0) is 14.3 Å². The molecule has 0 unspecified atom stereocenters. The number of likely N-dealkylation sites (tertiary alicyclic amines) is 5. The molecule has 6 N–H and O–H groups in total. The summed E-state index contributed by atoms with van der Waals surface area (Å²) >= 11 is 5.24. The van der Waals surface area contributed by atoms with Crippen LogP contribution in [0.4, 0.5) is 34.9 Å². The van der Waals surface area contributed by atoms with E-state index in [9.17, 15) is 28.4 Å². The van der Waals surface area contributed by atoms with Gasteiger partial charge < -0.3 is 126 Å². The van der Waals surface area contributed by atoms with Crippen LogP contribution in [0.1, 0.15) is 208 Å². The lowest BCUT2D eigenvalue weighted by molar-refractivity contribution is -0.143. The Bertz CT molecular complexity index is 5670. The second-order valence-electron chi connectivity index (χ2n) is 35.6. The monoisotopic (exact) mass is 2070 g/mol. The number of carboxylic acids is 1. The van der Waals surface area contributed by atoms with Crippen molar-refractivity contribution in [2.75, 3.05) is 161 Å². The number of phenolic OH excluding ortho intramolecular Hbond substituents is 1. The third kappa shape index (κ3) is 38.5. The summed E-state index contributed by atoms with van der Waals surface area (Å²) in [4.78, 5) is 87.0. The van der Waals surface area contributed by atoms with E-state index in [2.05, 4.69) is 50.6 Å². The summed E-state index contributed by atoms with van der Waals surface area (Å²) in [7, 11) is 8.38. The first-order valence-electron chi connectivity index (χ1n) is 49.7. The first-order valence-corrected chi connectivity index (χ1v) is 49.4. The summed E-state index contributed by atoms with van der Waals surface area (Å²) in [6.07, 6.45) is 12.6. The normalized spacial score (nSPS) is 14.9. The largest absolute Gasteiger partial charge is 0.504 e. The number of alkyl halides is 1. The molecule has 3 aromatic heterocycles. The summed E-state index contributed by atoms with van der Waals surface area (Å²) in [5, 5.41) is 44.8. The Labute approximate surface area is 866 Å². The van der Waals surface area contributed by atoms with Crippen molar-refractivity contribution in [2.24, 2.45) is 16.8 Å². The van der Waals surface area contributed by atoms with E-state index in [4.69, 9.17) is 122 Å². The predicted molar refractivity (Wildman–Crippen MR) is 551 cm³/mol. The Morgan fingerprint density at radius 2 is 0.769 bits per heavy atom. The van der Waals surface area contributed by atoms with Crippen LogP contribution in [0.5, 0.6) is 69.0 Å². The van der Waals surface area contributed by atoms with Crippen LogP contribution in [0.25, 0.3) is 43.9 Å². The van der Waals surface area contributed by atoms with Gasteiger partial charge in [0.2, 0.25) is 35.1 Å². The SMILES string of the molecule is CC(C)(C)OC(=O)N1CCC(C(=O)O)CC1.CCOc1ccc(-c2noc(C3CCN(C(=O)N4CCCCC4)CC3)n2)cc1OC.CCOc1ccc(-c2noc(C3CCN(C(=O)OC(C)(C)C)CC3)n2)cc1OC.CCOc1ccc(-c2noc(C3CCNCC3)n2)cc1OC.CCOc1ccc(/C(N)=N/O)cc1OC.O=C(Cl)N1CCCCC1.[2H]CF.[C-]#[N+]c1ccc(O)c(OC)c1.[C-]#[N+]c1ccc(OCC)c(OC)c1. The van der Waals surface area contributed by atoms with E-state index >= 15 is 0 Å². The number of amidine groups is 1. The number of nitrogens with one attached hydrogen (secondary N) is 1. The number of piperidine rings is 6. The van der Waals surface area contributed by atoms with Crippen molar-refractivity contribution in [1.82, 2.24) is 60.2 Å². The number of hydrogen-bond donors (Lipinski definition) is 5. The van der Waals surface area contributed by atoms with E-state index in [1.807, 2.05) is 141 Å². The molecule has 6 aromatic carbocycles. The van der Waals surface area contributed by atoms with Gasteiger partial charge in [0.15, 0.2) is 74.7 Å². The highest BCUT2D eigenvalue weighted by Gasteiger charge is 2.35. The zero-order valence-corrected chi connectivity index (χ0v) is 88.1. The standard InChI is InChI=1S/C22H30N4O4.C21H29N3O5.C16H21N3O3.C11H19NO4.C10H14N2O3.C10H11NO2.C8H7NO2.C6H10ClNO.CH3F/c1-3-29-18-8-7-17(15-19(18)28-2)20-23-21(30-24-20)16-9-13-26(14-10-16)22(27)25-11-5-4-6-12-25;1-6-27-16-8-7-15(13-17(16)26-5)18-22-19(29-23-18)14-9-11-24(12-10-14)20(25)28-21(2,3)4;1-3-21-13-5-4-12(10-14(13)20-2)15-18-16(22-19-15)11-6-8-17-9-7-11;1-11(2,3)16-10(15)12-6-4-8(5-7-12)9(13)14;1-3-15-8-5-4-7(10(11)12-13)6-9(8)14-2;1-4-13-9-6-5-8(11-2)7-10(9)12-3;1-9-6-3-4-7(10)8(5-6)11-2;7-6(9)8-4-2-1-3-5-8;1-2/h7-8,15-16H,3-6,9-14H2,1-2H3;7-8,13-14H,6,9-12H2,1-5H3;4-5,10-11,17H,3,6-9H2,1-2H3;8H,4-7H2,1-3H3,(H,13,14);4-6,13H,3H2,1-2H3,(H2,11,12);5-7H,4H2,1,3H3;3-5,10H,2H3;1-5H2;1H3/i;;;;;;;;1D. The first-order chi connectivity index (χ1) is 71.1. The molecule has 0 atom stereocenters. The van der Waals surface area contributed by atoms with Gasteiger partial charge in [-0.2, -0.15) is 15.0 Å². The fourth-order valence-corrected chi connectivity index (χ4v) is 15.9. The zero-order valence-electron chi connectivity index (χ0n) is 88.3. The molecule has 6 aliphatic rings. The van der Waals surface area contributed by atoms with Crippen molar-refractivity contribution < 1.29 is 120 Å². The van der Waals surface area contributed by atoms with Gasteiger partial charge in [-0.15, -0.1) is 0 Å². The summed E-state index contributed by atoms with van der Waals surface area (Å²) in [6, 6.07) is 31.7. The lowest BCUT2D eigenvalue weighted by atomic mass is 9.97. The molecule has 147 heavy (non-hydrogen) atoms. The molecule has 15 rings (SSSR count). The summed E-state index contributed by atoms with van der Waals surface area (Å²) in [6.45, 7) is 46.1. The number of hydrogen-bond acceptors (Lipinski definition) is 31. The van der Waals surface area contributed by atoms with Crippen LogP contribution in [-0.4, -0.2) is 278 Å². The molecule has 6 aliphatic heterocycles. The molecule has 5 amide bonds. The quantitative estimate of drug-likeness (QED) is 0.00713. The fraction of sp³-hybridized carbons (Fsp3) is 0.524. The summed E-state index contributed by atoms with van der Waals surface area (Å²) in [5.41, 5.74) is 8.53. The number of aliphatic carboxylic acids is 1. The van der Waals surface area contributed by atoms with Gasteiger partial charge >= 0.3 is 29.6 Å². The number of urea groups is 1. The van der Waals surface area contributed by atoms with Crippen molar-refractivity contribution in [2.45, 2.75) is 195 Å². The minimum Gasteiger partial charge on any atom is -0.504 e. The van der Waals surface area contributed by atoms with Gasteiger partial charge in [0, 0.05) is 105 Å². The second-order valence-corrected chi connectivity index (χ2v) is 36.0. The highest BCUT2D eigenvalue weighted by atomic mass is 35.5. The number of amides is 5. The smallest absolute Gasteiger partial charge is 0.410 e. The topological polar surface area (TPSA) is 458 Å². The third-order valence-corrected chi connectivity index (χ3v) is 23.5. The Morgan fingerprint density at radius 3 is 1.10 bits per heavy atom. The molecule has 9 heterocycles. The van der Waals surface area contributed by atoms with E-state index < -0.39 is 24.3 Å². The molecule has 42 heteroatoms. The third-order valence-electron chi connectivity index (χ3n) is 23.3. The number of halogens is 2. The Hall–Kier alpha value is -14.5. The van der Waals surface area contributed by atoms with E-state index in [1.54, 1.807) is 79.5 Å². The number of carbonyl (C=O) groups excluding carboxylic acids is 4. The molecular formula is C105H144ClFN16O24.